The van der Waals surface area contributed by atoms with Gasteiger partial charge in [-0.2, -0.15) is 5.01 Å². The third-order valence-corrected chi connectivity index (χ3v) is 4.66. The summed E-state index contributed by atoms with van der Waals surface area (Å²) in [6, 6.07) is 2.80. The fourth-order valence-corrected chi connectivity index (χ4v) is 3.05. The lowest BCUT2D eigenvalue weighted by atomic mass is 10.1. The molecule has 1 aliphatic carbocycles. The van der Waals surface area contributed by atoms with Crippen LogP contribution in [-0.2, 0) is 4.79 Å². The van der Waals surface area contributed by atoms with Crippen molar-refractivity contribution in [2.75, 3.05) is 0 Å². The molecule has 6 nitrogen and oxygen atoms in total. The Kier molecular flexibility index (Phi) is 2.28. The van der Waals surface area contributed by atoms with Crippen molar-refractivity contribution in [1.29, 1.82) is 0 Å². The van der Waals surface area contributed by atoms with Crippen molar-refractivity contribution in [1.82, 2.24) is 15.8 Å². The van der Waals surface area contributed by atoms with Crippen LogP contribution in [-0.4, -0.2) is 28.4 Å². The Bertz CT molecular complexity index is 581. The van der Waals surface area contributed by atoms with Crippen LogP contribution in [0.1, 0.15) is 29.9 Å². The number of carbonyl (C=O) groups excluding carboxylic acids is 3. The largest absolute Gasteiger partial charge is 0.344 e. The molecule has 1 saturated heterocycles. The van der Waals surface area contributed by atoms with E-state index in [2.05, 4.69) is 10.7 Å². The minimum absolute atomic E-state index is 0.262. The molecule has 0 radical (unpaired) electrons. The molecule has 1 unspecified atom stereocenters. The van der Waals surface area contributed by atoms with Gasteiger partial charge in [-0.3, -0.25) is 15.0 Å². The van der Waals surface area contributed by atoms with Crippen molar-refractivity contribution in [3.8, 4) is 0 Å². The molecular formula is C12H13N3O3S. The van der Waals surface area contributed by atoms with Crippen LogP contribution in [0.25, 0.3) is 0 Å². The van der Waals surface area contributed by atoms with Gasteiger partial charge in [0.15, 0.2) is 0 Å². The van der Waals surface area contributed by atoms with Gasteiger partial charge in [0.2, 0.25) is 0 Å². The second-order valence-electron chi connectivity index (χ2n) is 5.45. The quantitative estimate of drug-likeness (QED) is 0.796. The first kappa shape index (κ1) is 12.2. The van der Waals surface area contributed by atoms with Gasteiger partial charge in [0.25, 0.3) is 11.8 Å². The van der Waals surface area contributed by atoms with Gasteiger partial charge in [-0.25, -0.2) is 4.79 Å². The maximum Gasteiger partial charge on any atom is 0.344 e. The van der Waals surface area contributed by atoms with Gasteiger partial charge < -0.3 is 5.32 Å². The zero-order chi connectivity index (χ0) is 13.8. The van der Waals surface area contributed by atoms with Crippen molar-refractivity contribution in [2.45, 2.75) is 25.8 Å². The maximum atomic E-state index is 12.3. The Morgan fingerprint density at radius 2 is 2.16 bits per heavy atom. The molecule has 1 spiro atoms. The van der Waals surface area contributed by atoms with Gasteiger partial charge in [0.1, 0.15) is 5.54 Å². The summed E-state index contributed by atoms with van der Waals surface area (Å²) in [5.41, 5.74) is 1.26. The second kappa shape index (κ2) is 3.57. The molecule has 7 heteroatoms. The molecule has 1 saturated carbocycles. The van der Waals surface area contributed by atoms with Crippen molar-refractivity contribution in [3.63, 3.8) is 0 Å². The summed E-state index contributed by atoms with van der Waals surface area (Å²) in [5.74, 6) is -0.832. The van der Waals surface area contributed by atoms with Gasteiger partial charge in [0, 0.05) is 0 Å². The number of carbonyl (C=O) groups is 3. The smallest absolute Gasteiger partial charge is 0.321 e. The maximum absolute atomic E-state index is 12.3. The van der Waals surface area contributed by atoms with Crippen LogP contribution in [0.15, 0.2) is 17.5 Å². The third kappa shape index (κ3) is 1.58. The number of hydrogen-bond acceptors (Lipinski definition) is 4. The molecule has 19 heavy (non-hydrogen) atoms. The molecule has 2 N–H and O–H groups in total. The lowest BCUT2D eigenvalue weighted by molar-refractivity contribution is -0.130. The van der Waals surface area contributed by atoms with Gasteiger partial charge in [-0.15, -0.1) is 11.3 Å². The Balaban J connectivity index is 1.78. The molecule has 100 valence electrons. The van der Waals surface area contributed by atoms with Crippen LogP contribution in [0.5, 0.6) is 0 Å². The third-order valence-electron chi connectivity index (χ3n) is 3.79. The molecule has 1 atom stereocenters. The van der Waals surface area contributed by atoms with E-state index in [4.69, 9.17) is 0 Å². The van der Waals surface area contributed by atoms with E-state index < -0.39 is 17.5 Å². The Labute approximate surface area is 113 Å². The predicted molar refractivity (Wildman–Crippen MR) is 68.3 cm³/mol. The first-order valence-electron chi connectivity index (χ1n) is 5.89. The summed E-state index contributed by atoms with van der Waals surface area (Å²) >= 11 is 1.25. The first-order valence-corrected chi connectivity index (χ1v) is 6.77. The molecular weight excluding hydrogens is 266 g/mol. The summed E-state index contributed by atoms with van der Waals surface area (Å²) in [4.78, 5) is 36.4. The second-order valence-corrected chi connectivity index (χ2v) is 6.40. The molecule has 1 aromatic heterocycles. The van der Waals surface area contributed by atoms with E-state index in [0.717, 1.165) is 5.01 Å². The molecule has 3 rings (SSSR count). The van der Waals surface area contributed by atoms with Crippen LogP contribution in [0.4, 0.5) is 4.79 Å². The predicted octanol–water partition coefficient (Wildman–Crippen LogP) is 1.11. The van der Waals surface area contributed by atoms with Crippen molar-refractivity contribution in [2.24, 2.45) is 5.41 Å². The van der Waals surface area contributed by atoms with Gasteiger partial charge in [0.05, 0.1) is 4.88 Å². The fourth-order valence-electron chi connectivity index (χ4n) is 2.44. The highest BCUT2D eigenvalue weighted by molar-refractivity contribution is 7.12. The SMILES string of the molecule is CC1(C)CC12NC(=O)N(NC(=O)c1cccs1)C2=O. The van der Waals surface area contributed by atoms with Gasteiger partial charge in [-0.1, -0.05) is 19.9 Å². The first-order chi connectivity index (χ1) is 8.87. The van der Waals surface area contributed by atoms with Crippen LogP contribution in [0.3, 0.4) is 0 Å². The zero-order valence-electron chi connectivity index (χ0n) is 10.5. The standard InChI is InChI=1S/C12H13N3O3S/c1-11(2)6-12(11)9(17)15(10(18)13-12)14-8(16)7-4-3-5-19-7/h3-5H,6H2,1-2H3,(H,13,18)(H,14,16). The summed E-state index contributed by atoms with van der Waals surface area (Å²) in [5, 5.41) is 5.22. The molecule has 2 aliphatic rings. The molecule has 4 amide bonds. The molecule has 2 heterocycles. The van der Waals surface area contributed by atoms with Crippen molar-refractivity contribution >= 4 is 29.2 Å². The number of hydrogen-bond donors (Lipinski definition) is 2. The van der Waals surface area contributed by atoms with Crippen LogP contribution in [0, 0.1) is 5.41 Å². The lowest BCUT2D eigenvalue weighted by Crippen LogP contribution is -2.47. The normalized spacial score (nSPS) is 27.6. The number of nitrogens with one attached hydrogen (secondary N) is 2. The van der Waals surface area contributed by atoms with Crippen molar-refractivity contribution < 1.29 is 14.4 Å². The Morgan fingerprint density at radius 3 is 2.63 bits per heavy atom. The van der Waals surface area contributed by atoms with E-state index in [1.807, 2.05) is 13.8 Å². The van der Waals surface area contributed by atoms with E-state index in [-0.39, 0.29) is 11.3 Å². The van der Waals surface area contributed by atoms with Crippen LogP contribution < -0.4 is 10.7 Å². The lowest BCUT2D eigenvalue weighted by Gasteiger charge is -2.14. The fraction of sp³-hybridized carbons (Fsp3) is 0.417. The zero-order valence-corrected chi connectivity index (χ0v) is 11.3. The van der Waals surface area contributed by atoms with E-state index in [1.54, 1.807) is 17.5 Å². The summed E-state index contributed by atoms with van der Waals surface area (Å²) in [6.45, 7) is 3.82. The van der Waals surface area contributed by atoms with Gasteiger partial charge >= 0.3 is 6.03 Å². The highest BCUT2D eigenvalue weighted by Gasteiger charge is 2.72. The van der Waals surface area contributed by atoms with Crippen LogP contribution in [0.2, 0.25) is 0 Å². The molecule has 2 fully saturated rings. The summed E-state index contributed by atoms with van der Waals surface area (Å²) < 4.78 is 0. The number of thiophene rings is 1. The van der Waals surface area contributed by atoms with E-state index in [0.29, 0.717) is 11.3 Å². The Hall–Kier alpha value is -1.89. The monoisotopic (exact) mass is 279 g/mol. The van der Waals surface area contributed by atoms with Crippen LogP contribution >= 0.6 is 11.3 Å². The average Bonchev–Trinajstić information content (AvgIpc) is 2.76. The van der Waals surface area contributed by atoms with Gasteiger partial charge in [-0.05, 0) is 23.3 Å². The summed E-state index contributed by atoms with van der Waals surface area (Å²) in [7, 11) is 0. The number of hydrazine groups is 1. The van der Waals surface area contributed by atoms with Crippen molar-refractivity contribution in [3.05, 3.63) is 22.4 Å². The highest BCUT2D eigenvalue weighted by atomic mass is 32.1. The molecule has 1 aromatic rings. The highest BCUT2D eigenvalue weighted by Crippen LogP contribution is 2.58. The number of imide groups is 1. The number of urea groups is 1. The molecule has 0 aromatic carbocycles. The van der Waals surface area contributed by atoms with E-state index in [1.165, 1.54) is 11.3 Å². The van der Waals surface area contributed by atoms with E-state index >= 15 is 0 Å². The summed E-state index contributed by atoms with van der Waals surface area (Å²) in [6.07, 6.45) is 0.593. The molecule has 0 bridgehead atoms. The number of nitrogens with zero attached hydrogens (tertiary/aromatic N) is 1. The minimum Gasteiger partial charge on any atom is -0.321 e. The number of amides is 4. The Morgan fingerprint density at radius 1 is 1.47 bits per heavy atom. The number of rotatable bonds is 2. The van der Waals surface area contributed by atoms with E-state index in [9.17, 15) is 14.4 Å². The molecule has 1 aliphatic heterocycles. The average molecular weight is 279 g/mol. The minimum atomic E-state index is -0.840. The topological polar surface area (TPSA) is 78.5 Å².